The molecule has 0 bridgehead atoms. The predicted octanol–water partition coefficient (Wildman–Crippen LogP) is 3.40. The first-order chi connectivity index (χ1) is 16.3. The molecule has 6 rings (SSSR count). The van der Waals surface area contributed by atoms with Crippen molar-refractivity contribution in [1.82, 2.24) is 34.2 Å². The lowest BCUT2D eigenvalue weighted by Crippen LogP contribution is -2.28. The molecule has 10 heteroatoms. The summed E-state index contributed by atoms with van der Waals surface area (Å²) >= 11 is 0. The maximum absolute atomic E-state index is 14.8. The van der Waals surface area contributed by atoms with Gasteiger partial charge in [-0.15, -0.1) is 0 Å². The van der Waals surface area contributed by atoms with Gasteiger partial charge in [-0.1, -0.05) is 0 Å². The minimum Gasteiger partial charge on any atom is -0.322 e. The summed E-state index contributed by atoms with van der Waals surface area (Å²) < 4.78 is 20.4. The molecule has 3 aromatic heterocycles. The van der Waals surface area contributed by atoms with Crippen LogP contribution in [0.2, 0.25) is 0 Å². The van der Waals surface area contributed by atoms with Crippen molar-refractivity contribution < 1.29 is 4.39 Å². The van der Waals surface area contributed by atoms with Crippen LogP contribution < -0.4 is 16.2 Å². The number of nitrogens with one attached hydrogen (secondary N) is 2. The van der Waals surface area contributed by atoms with Crippen molar-refractivity contribution in [3.8, 4) is 5.95 Å². The molecule has 1 aliphatic heterocycles. The van der Waals surface area contributed by atoms with Gasteiger partial charge in [-0.3, -0.25) is 4.79 Å². The van der Waals surface area contributed by atoms with Gasteiger partial charge in [0.15, 0.2) is 5.65 Å². The summed E-state index contributed by atoms with van der Waals surface area (Å²) in [5.41, 5.74) is 2.45. The van der Waals surface area contributed by atoms with E-state index in [9.17, 15) is 9.18 Å². The zero-order chi connectivity index (χ0) is 23.6. The highest BCUT2D eigenvalue weighted by atomic mass is 19.1. The van der Waals surface area contributed by atoms with Gasteiger partial charge in [0.05, 0.1) is 11.7 Å². The van der Waals surface area contributed by atoms with Gasteiger partial charge in [0.1, 0.15) is 11.2 Å². The summed E-state index contributed by atoms with van der Waals surface area (Å²) in [6.07, 6.45) is 7.81. The monoisotopic (exact) mass is 462 g/mol. The Kier molecular flexibility index (Phi) is 4.63. The van der Waals surface area contributed by atoms with Crippen LogP contribution in [0.1, 0.15) is 50.8 Å². The molecule has 0 radical (unpaired) electrons. The molecule has 9 nitrogen and oxygen atoms in total. The van der Waals surface area contributed by atoms with Gasteiger partial charge in [-0.25, -0.2) is 19.0 Å². The summed E-state index contributed by atoms with van der Waals surface area (Å²) in [4.78, 5) is 26.9. The number of anilines is 2. The average molecular weight is 463 g/mol. The third-order valence-corrected chi connectivity index (χ3v) is 6.47. The summed E-state index contributed by atoms with van der Waals surface area (Å²) in [7, 11) is 0. The first-order valence-corrected chi connectivity index (χ1v) is 11.6. The lowest BCUT2D eigenvalue weighted by Gasteiger charge is -2.24. The molecule has 176 valence electrons. The molecule has 0 unspecified atom stereocenters. The maximum atomic E-state index is 14.8. The van der Waals surface area contributed by atoms with Crippen LogP contribution in [0.4, 0.5) is 16.0 Å². The van der Waals surface area contributed by atoms with Crippen LogP contribution in [0.5, 0.6) is 0 Å². The standard InChI is InChI=1S/C24H27FN8O/c1-24(2,3)31-9-8-27-23(31)33-20-17(21(34)32(33)16-4-5-16)13-28-22(30-20)29-19-11-15-12-26-7-6-14(15)10-18(19)25/h8-11,13,16,26H,4-7,12H2,1-3H3,(H,28,29,30). The van der Waals surface area contributed by atoms with Crippen molar-refractivity contribution in [2.24, 2.45) is 0 Å². The number of hydrogen-bond donors (Lipinski definition) is 2. The summed E-state index contributed by atoms with van der Waals surface area (Å²) in [6.45, 7) is 7.79. The van der Waals surface area contributed by atoms with E-state index in [0.29, 0.717) is 29.2 Å². The quantitative estimate of drug-likeness (QED) is 0.483. The van der Waals surface area contributed by atoms with Crippen molar-refractivity contribution in [3.63, 3.8) is 0 Å². The highest BCUT2D eigenvalue weighted by molar-refractivity contribution is 5.77. The lowest BCUT2D eigenvalue weighted by molar-refractivity contribution is 0.380. The second-order valence-electron chi connectivity index (χ2n) is 10.0. The Hall–Kier alpha value is -3.53. The Morgan fingerprint density at radius 2 is 2.00 bits per heavy atom. The number of rotatable bonds is 4. The number of aromatic nitrogens is 6. The predicted molar refractivity (Wildman–Crippen MR) is 127 cm³/mol. The van der Waals surface area contributed by atoms with E-state index in [2.05, 4.69) is 46.4 Å². The molecule has 1 aromatic carbocycles. The molecule has 4 heterocycles. The highest BCUT2D eigenvalue weighted by Gasteiger charge is 2.33. The molecule has 4 aromatic rings. The normalized spacial score (nSPS) is 16.1. The van der Waals surface area contributed by atoms with Crippen LogP contribution >= 0.6 is 0 Å². The molecule has 1 fully saturated rings. The number of hydrogen-bond acceptors (Lipinski definition) is 6. The number of halogens is 1. The second-order valence-corrected chi connectivity index (χ2v) is 10.0. The second kappa shape index (κ2) is 7.49. The number of benzene rings is 1. The molecular weight excluding hydrogens is 435 g/mol. The molecule has 1 saturated carbocycles. The van der Waals surface area contributed by atoms with E-state index in [4.69, 9.17) is 0 Å². The SMILES string of the molecule is CC(C)(C)n1ccnc1-n1c2nc(Nc3cc4c(cc3F)CCNC4)ncc2c(=O)n1C1CC1. The van der Waals surface area contributed by atoms with Gasteiger partial charge in [0.25, 0.3) is 5.56 Å². The van der Waals surface area contributed by atoms with Crippen LogP contribution in [-0.2, 0) is 18.5 Å². The summed E-state index contributed by atoms with van der Waals surface area (Å²) in [5, 5.41) is 6.75. The average Bonchev–Trinajstić information content (AvgIpc) is 3.43. The van der Waals surface area contributed by atoms with Gasteiger partial charge in [-0.05, 0) is 69.8 Å². The Balaban J connectivity index is 1.49. The first kappa shape index (κ1) is 21.0. The molecule has 2 aliphatic rings. The zero-order valence-electron chi connectivity index (χ0n) is 19.5. The third kappa shape index (κ3) is 3.40. The third-order valence-electron chi connectivity index (χ3n) is 6.47. The number of nitrogens with zero attached hydrogens (tertiary/aromatic N) is 6. The van der Waals surface area contributed by atoms with E-state index in [-0.39, 0.29) is 28.9 Å². The molecule has 34 heavy (non-hydrogen) atoms. The van der Waals surface area contributed by atoms with Crippen LogP contribution in [0, 0.1) is 5.82 Å². The fourth-order valence-corrected chi connectivity index (χ4v) is 4.60. The minimum atomic E-state index is -0.347. The molecule has 2 N–H and O–H groups in total. The molecule has 0 atom stereocenters. The highest BCUT2D eigenvalue weighted by Crippen LogP contribution is 2.36. The van der Waals surface area contributed by atoms with E-state index in [0.717, 1.165) is 36.9 Å². The molecule has 1 aliphatic carbocycles. The van der Waals surface area contributed by atoms with Crippen molar-refractivity contribution in [3.05, 3.63) is 58.0 Å². The van der Waals surface area contributed by atoms with Gasteiger partial charge in [0.2, 0.25) is 11.9 Å². The van der Waals surface area contributed by atoms with Crippen molar-refractivity contribution in [1.29, 1.82) is 0 Å². The fourth-order valence-electron chi connectivity index (χ4n) is 4.60. The number of fused-ring (bicyclic) bond motifs is 2. The van der Waals surface area contributed by atoms with Crippen LogP contribution in [-0.4, -0.2) is 35.4 Å². The smallest absolute Gasteiger partial charge is 0.278 e. The van der Waals surface area contributed by atoms with Gasteiger partial charge in [-0.2, -0.15) is 9.67 Å². The molecular formula is C24H27FN8O. The molecule has 0 spiro atoms. The van der Waals surface area contributed by atoms with E-state index in [1.165, 1.54) is 6.20 Å². The topological polar surface area (TPSA) is 94.6 Å². The van der Waals surface area contributed by atoms with Crippen molar-refractivity contribution >= 4 is 22.7 Å². The largest absolute Gasteiger partial charge is 0.322 e. The van der Waals surface area contributed by atoms with E-state index in [1.54, 1.807) is 27.7 Å². The van der Waals surface area contributed by atoms with Crippen molar-refractivity contribution in [2.45, 2.75) is 58.2 Å². The first-order valence-electron chi connectivity index (χ1n) is 11.6. The van der Waals surface area contributed by atoms with E-state index < -0.39 is 0 Å². The van der Waals surface area contributed by atoms with E-state index in [1.807, 2.05) is 10.8 Å². The van der Waals surface area contributed by atoms with Crippen LogP contribution in [0.3, 0.4) is 0 Å². The summed E-state index contributed by atoms with van der Waals surface area (Å²) in [6, 6.07) is 3.49. The Bertz CT molecular complexity index is 1470. The van der Waals surface area contributed by atoms with Gasteiger partial charge < -0.3 is 15.2 Å². The molecule has 0 saturated heterocycles. The zero-order valence-corrected chi connectivity index (χ0v) is 19.5. The molecule has 0 amide bonds. The minimum absolute atomic E-state index is 0.105. The summed E-state index contributed by atoms with van der Waals surface area (Å²) in [5.74, 6) is 0.494. The maximum Gasteiger partial charge on any atom is 0.278 e. The Morgan fingerprint density at radius 1 is 1.18 bits per heavy atom. The van der Waals surface area contributed by atoms with Gasteiger partial charge in [0, 0.05) is 30.7 Å². The fraction of sp³-hybridized carbons (Fsp3) is 0.417. The Labute approximate surface area is 195 Å². The van der Waals surface area contributed by atoms with Crippen molar-refractivity contribution in [2.75, 3.05) is 11.9 Å². The van der Waals surface area contributed by atoms with Crippen LogP contribution in [0.15, 0.2) is 35.5 Å². The Morgan fingerprint density at radius 3 is 2.76 bits per heavy atom. The lowest BCUT2D eigenvalue weighted by atomic mass is 10.00. The van der Waals surface area contributed by atoms with Gasteiger partial charge >= 0.3 is 0 Å². The number of imidazole rings is 1. The van der Waals surface area contributed by atoms with E-state index >= 15 is 0 Å². The van der Waals surface area contributed by atoms with Crippen LogP contribution in [0.25, 0.3) is 17.0 Å².